The van der Waals surface area contributed by atoms with Crippen LogP contribution < -0.4 is 0 Å². The lowest BCUT2D eigenvalue weighted by Gasteiger charge is -2.55. The zero-order valence-corrected chi connectivity index (χ0v) is 11.4. The fraction of sp³-hybridized carbons (Fsp3) is 0.625. The van der Waals surface area contributed by atoms with Crippen molar-refractivity contribution < 1.29 is 5.11 Å². The Morgan fingerprint density at radius 3 is 2.94 bits per heavy atom. The first-order chi connectivity index (χ1) is 8.63. The third kappa shape index (κ3) is 1.66. The maximum Gasteiger partial charge on any atom is 0.115 e. The summed E-state index contributed by atoms with van der Waals surface area (Å²) in [5.41, 5.74) is 1.65. The normalized spacial score (nSPS) is 36.6. The zero-order valence-electron chi connectivity index (χ0n) is 11.4. The second kappa shape index (κ2) is 4.27. The third-order valence-electron chi connectivity index (χ3n) is 5.47. The summed E-state index contributed by atoms with van der Waals surface area (Å²) in [6, 6.07) is 8.69. The molecule has 1 aliphatic carbocycles. The van der Waals surface area contributed by atoms with E-state index in [0.717, 1.165) is 6.04 Å². The highest BCUT2D eigenvalue weighted by Gasteiger charge is 2.48. The highest BCUT2D eigenvalue weighted by Crippen LogP contribution is 2.50. The zero-order chi connectivity index (χ0) is 12.8. The van der Waals surface area contributed by atoms with Crippen molar-refractivity contribution >= 4 is 0 Å². The lowest BCUT2D eigenvalue weighted by molar-refractivity contribution is 0.0126. The minimum absolute atomic E-state index is 0.300. The fourth-order valence-corrected chi connectivity index (χ4v) is 4.34. The number of rotatable bonds is 1. The smallest absolute Gasteiger partial charge is 0.115 e. The average molecular weight is 245 g/mol. The van der Waals surface area contributed by atoms with Gasteiger partial charge in [-0.2, -0.15) is 0 Å². The Morgan fingerprint density at radius 2 is 2.17 bits per heavy atom. The van der Waals surface area contributed by atoms with E-state index < -0.39 is 0 Å². The van der Waals surface area contributed by atoms with Gasteiger partial charge in [0, 0.05) is 11.5 Å². The molecule has 18 heavy (non-hydrogen) atoms. The molecule has 1 aromatic rings. The van der Waals surface area contributed by atoms with Crippen LogP contribution >= 0.6 is 0 Å². The summed E-state index contributed by atoms with van der Waals surface area (Å²) in [5.74, 6) is 1.10. The van der Waals surface area contributed by atoms with Crippen LogP contribution in [0.25, 0.3) is 0 Å². The van der Waals surface area contributed by atoms with Crippen LogP contribution in [0.5, 0.6) is 5.75 Å². The number of piperidine rings is 1. The predicted molar refractivity (Wildman–Crippen MR) is 73.8 cm³/mol. The van der Waals surface area contributed by atoms with E-state index in [1.165, 1.54) is 37.8 Å². The van der Waals surface area contributed by atoms with Gasteiger partial charge in [0.25, 0.3) is 0 Å². The second-order valence-corrected chi connectivity index (χ2v) is 6.19. The first kappa shape index (κ1) is 12.0. The summed E-state index contributed by atoms with van der Waals surface area (Å²) in [7, 11) is 2.26. The van der Waals surface area contributed by atoms with Crippen molar-refractivity contribution in [2.45, 2.75) is 44.1 Å². The van der Waals surface area contributed by atoms with Crippen LogP contribution in [-0.4, -0.2) is 29.6 Å². The molecule has 1 aliphatic heterocycles. The summed E-state index contributed by atoms with van der Waals surface area (Å²) in [6.45, 7) is 3.59. The fourth-order valence-electron chi connectivity index (χ4n) is 4.34. The summed E-state index contributed by atoms with van der Waals surface area (Å²) in [6.07, 6.45) is 5.15. The van der Waals surface area contributed by atoms with Gasteiger partial charge in [0.2, 0.25) is 0 Å². The van der Waals surface area contributed by atoms with Crippen LogP contribution in [0.3, 0.4) is 0 Å². The van der Waals surface area contributed by atoms with Gasteiger partial charge in [-0.3, -0.25) is 0 Å². The van der Waals surface area contributed by atoms with E-state index in [1.807, 2.05) is 12.1 Å². The topological polar surface area (TPSA) is 23.5 Å². The number of hydrogen-bond donors (Lipinski definition) is 1. The highest BCUT2D eigenvalue weighted by molar-refractivity contribution is 5.35. The molecule has 3 rings (SSSR count). The molecule has 98 valence electrons. The molecule has 3 atom stereocenters. The number of fused-ring (bicyclic) bond motifs is 2. The van der Waals surface area contributed by atoms with Crippen molar-refractivity contribution in [1.29, 1.82) is 0 Å². The van der Waals surface area contributed by atoms with Crippen molar-refractivity contribution in [3.63, 3.8) is 0 Å². The van der Waals surface area contributed by atoms with Gasteiger partial charge in [-0.25, -0.2) is 0 Å². The molecule has 2 aliphatic rings. The number of hydrogen-bond acceptors (Lipinski definition) is 2. The SMILES string of the molecule is C[C@@H]1[C@@H]2CCC[C@@]1(c1cccc(O)c1)CCN2C. The summed E-state index contributed by atoms with van der Waals surface area (Å²) in [4.78, 5) is 2.53. The molecule has 2 heteroatoms. The summed E-state index contributed by atoms with van der Waals surface area (Å²) < 4.78 is 0. The largest absolute Gasteiger partial charge is 0.508 e. The van der Waals surface area contributed by atoms with Gasteiger partial charge in [-0.15, -0.1) is 0 Å². The highest BCUT2D eigenvalue weighted by atomic mass is 16.3. The van der Waals surface area contributed by atoms with E-state index in [-0.39, 0.29) is 0 Å². The van der Waals surface area contributed by atoms with Gasteiger partial charge in [-0.1, -0.05) is 25.5 Å². The number of phenols is 1. The molecule has 1 saturated carbocycles. The van der Waals surface area contributed by atoms with Crippen LogP contribution in [0.4, 0.5) is 0 Å². The van der Waals surface area contributed by atoms with Crippen molar-refractivity contribution in [3.05, 3.63) is 29.8 Å². The van der Waals surface area contributed by atoms with E-state index in [2.05, 4.69) is 24.9 Å². The summed E-state index contributed by atoms with van der Waals surface area (Å²) in [5, 5.41) is 9.77. The van der Waals surface area contributed by atoms with Crippen LogP contribution in [0.1, 0.15) is 38.2 Å². The summed E-state index contributed by atoms with van der Waals surface area (Å²) >= 11 is 0. The lowest BCUT2D eigenvalue weighted by Crippen LogP contribution is -2.56. The van der Waals surface area contributed by atoms with E-state index in [1.54, 1.807) is 6.07 Å². The minimum Gasteiger partial charge on any atom is -0.508 e. The molecule has 0 spiro atoms. The first-order valence-electron chi connectivity index (χ1n) is 7.13. The number of likely N-dealkylation sites (tertiary alicyclic amines) is 1. The molecule has 2 fully saturated rings. The molecule has 1 N–H and O–H groups in total. The van der Waals surface area contributed by atoms with Crippen molar-refractivity contribution in [2.75, 3.05) is 13.6 Å². The molecule has 1 heterocycles. The van der Waals surface area contributed by atoms with Gasteiger partial charge >= 0.3 is 0 Å². The Kier molecular flexibility index (Phi) is 2.86. The lowest BCUT2D eigenvalue weighted by atomic mass is 9.57. The third-order valence-corrected chi connectivity index (χ3v) is 5.47. The van der Waals surface area contributed by atoms with Gasteiger partial charge in [0.05, 0.1) is 0 Å². The molecule has 0 radical (unpaired) electrons. The van der Waals surface area contributed by atoms with E-state index in [0.29, 0.717) is 17.1 Å². The Morgan fingerprint density at radius 1 is 1.33 bits per heavy atom. The number of nitrogens with zero attached hydrogens (tertiary/aromatic N) is 1. The Balaban J connectivity index is 2.02. The van der Waals surface area contributed by atoms with Crippen LogP contribution in [-0.2, 0) is 5.41 Å². The van der Waals surface area contributed by atoms with Crippen LogP contribution in [0.15, 0.2) is 24.3 Å². The Labute approximate surface area is 110 Å². The van der Waals surface area contributed by atoms with E-state index in [4.69, 9.17) is 0 Å². The molecular weight excluding hydrogens is 222 g/mol. The second-order valence-electron chi connectivity index (χ2n) is 6.19. The average Bonchev–Trinajstić information content (AvgIpc) is 2.35. The van der Waals surface area contributed by atoms with Crippen molar-refractivity contribution in [1.82, 2.24) is 4.90 Å². The molecular formula is C16H23NO. The van der Waals surface area contributed by atoms with Gasteiger partial charge in [0.1, 0.15) is 5.75 Å². The maximum atomic E-state index is 9.77. The molecule has 0 aromatic heterocycles. The quantitative estimate of drug-likeness (QED) is 0.821. The molecule has 1 saturated heterocycles. The van der Waals surface area contributed by atoms with Crippen molar-refractivity contribution in [3.8, 4) is 5.75 Å². The van der Waals surface area contributed by atoms with Crippen molar-refractivity contribution in [2.24, 2.45) is 5.92 Å². The maximum absolute atomic E-state index is 9.77. The molecule has 2 nitrogen and oxygen atoms in total. The van der Waals surface area contributed by atoms with Crippen LogP contribution in [0, 0.1) is 5.92 Å². The monoisotopic (exact) mass is 245 g/mol. The number of aromatic hydroxyl groups is 1. The van der Waals surface area contributed by atoms with Gasteiger partial charge in [-0.05, 0) is 56.5 Å². The molecule has 1 aromatic carbocycles. The van der Waals surface area contributed by atoms with E-state index in [9.17, 15) is 5.11 Å². The van der Waals surface area contributed by atoms with E-state index >= 15 is 0 Å². The number of benzene rings is 1. The molecule has 0 unspecified atom stereocenters. The number of phenolic OH excluding ortho intramolecular Hbond substituents is 1. The van der Waals surface area contributed by atoms with Gasteiger partial charge < -0.3 is 10.0 Å². The minimum atomic E-state index is 0.300. The Bertz CT molecular complexity index is 444. The first-order valence-corrected chi connectivity index (χ1v) is 7.13. The molecule has 0 amide bonds. The predicted octanol–water partition coefficient (Wildman–Crippen LogP) is 3.15. The van der Waals surface area contributed by atoms with Crippen LogP contribution in [0.2, 0.25) is 0 Å². The Hall–Kier alpha value is -1.02. The molecule has 2 bridgehead atoms. The van der Waals surface area contributed by atoms with Gasteiger partial charge in [0.15, 0.2) is 0 Å². The standard InChI is InChI=1S/C16H23NO/c1-12-15-7-4-8-16(12,9-10-17(15)2)13-5-3-6-14(18)11-13/h3,5-6,11-12,15,18H,4,7-10H2,1-2H3/t12-,15+,16-/m1/s1.